The number of alkyl halides is 6. The van der Waals surface area contributed by atoms with E-state index in [0.717, 1.165) is 36.4 Å². The van der Waals surface area contributed by atoms with E-state index >= 15 is 0 Å². The van der Waals surface area contributed by atoms with Crippen LogP contribution in [0.4, 0.5) is 26.3 Å². The van der Waals surface area contributed by atoms with Gasteiger partial charge in [0.15, 0.2) is 0 Å². The van der Waals surface area contributed by atoms with Crippen molar-refractivity contribution in [3.8, 4) is 0 Å². The predicted octanol–water partition coefficient (Wildman–Crippen LogP) is 1.39. The molecule has 0 aliphatic heterocycles. The topological polar surface area (TPSA) is 57.2 Å². The number of hydrogen-bond acceptors (Lipinski definition) is 3. The summed E-state index contributed by atoms with van der Waals surface area (Å²) in [4.78, 5) is -0.545. The minimum atomic E-state index is -4.81. The van der Waals surface area contributed by atoms with Gasteiger partial charge < -0.3 is 4.55 Å². The molecule has 0 unspecified atom stereocenters. The molecule has 3 aromatic carbocycles. The first-order valence-corrected chi connectivity index (χ1v) is 11.2. The molecule has 0 heterocycles. The summed E-state index contributed by atoms with van der Waals surface area (Å²) in [6.07, 6.45) is -9.15. The average Bonchev–Trinajstić information content (AvgIpc) is 2.67. The first kappa shape index (κ1) is 26.8. The van der Waals surface area contributed by atoms with E-state index in [2.05, 4.69) is 0 Å². The number of benzene rings is 3. The maximum Gasteiger partial charge on any atom is 1.00 e. The van der Waals surface area contributed by atoms with Gasteiger partial charge in [-0.15, -0.1) is 0 Å². The molecule has 0 spiro atoms. The van der Waals surface area contributed by atoms with Crippen molar-refractivity contribution in [1.82, 2.24) is 0 Å². The van der Waals surface area contributed by atoms with Gasteiger partial charge in [0.1, 0.15) is 10.1 Å². The Morgan fingerprint density at radius 1 is 0.656 bits per heavy atom. The second-order valence-electron chi connectivity index (χ2n) is 6.38. The fourth-order valence-electron chi connectivity index (χ4n) is 2.82. The maximum atomic E-state index is 12.9. The number of rotatable bonds is 4. The SMILES string of the molecule is O=S(=O)([O-])c1cccc(P(c2ccc(C(F)(F)F)cc2)c2ccc(C(F)(F)F)cc2)c1.[Na+]. The third kappa shape index (κ3) is 6.34. The molecule has 0 radical (unpaired) electrons. The van der Waals surface area contributed by atoms with Crippen molar-refractivity contribution in [3.05, 3.63) is 83.9 Å². The van der Waals surface area contributed by atoms with Gasteiger partial charge in [-0.2, -0.15) is 26.3 Å². The van der Waals surface area contributed by atoms with Gasteiger partial charge in [-0.3, -0.25) is 0 Å². The van der Waals surface area contributed by atoms with Crippen LogP contribution in [0.15, 0.2) is 77.7 Å². The van der Waals surface area contributed by atoms with Crippen LogP contribution in [0.3, 0.4) is 0 Å². The third-order valence-electron chi connectivity index (χ3n) is 4.27. The largest absolute Gasteiger partial charge is 1.00 e. The van der Waals surface area contributed by atoms with Crippen LogP contribution in [0, 0.1) is 0 Å². The van der Waals surface area contributed by atoms with E-state index in [0.29, 0.717) is 10.6 Å². The van der Waals surface area contributed by atoms with Crippen LogP contribution in [-0.2, 0) is 22.5 Å². The van der Waals surface area contributed by atoms with Crippen LogP contribution in [0.25, 0.3) is 0 Å². The Labute approximate surface area is 203 Å². The molecule has 0 aliphatic carbocycles. The Bertz CT molecular complexity index is 1120. The van der Waals surface area contributed by atoms with Gasteiger partial charge in [0.25, 0.3) is 0 Å². The summed E-state index contributed by atoms with van der Waals surface area (Å²) in [5.41, 5.74) is -1.82. The molecule has 0 bridgehead atoms. The second-order valence-corrected chi connectivity index (χ2v) is 9.98. The first-order valence-electron chi connectivity index (χ1n) is 8.47. The van der Waals surface area contributed by atoms with Gasteiger partial charge in [-0.1, -0.05) is 36.4 Å². The molecular formula is C20H12F6NaO3PS. The van der Waals surface area contributed by atoms with Gasteiger partial charge in [-0.05, 0) is 60.2 Å². The standard InChI is InChI=1S/C20H13F6O3PS.Na/c21-19(22,23)13-4-8-15(9-5-13)30(16-10-6-14(7-11-16)20(24,25)26)17-2-1-3-18(12-17)31(27,28)29;/h1-12H,(H,27,28,29);/q;+1/p-1. The van der Waals surface area contributed by atoms with Gasteiger partial charge in [0.2, 0.25) is 0 Å². The Balaban J connectivity index is 0.00000363. The quantitative estimate of drug-likeness (QED) is 0.236. The zero-order valence-corrected chi connectivity index (χ0v) is 20.0. The van der Waals surface area contributed by atoms with Crippen molar-refractivity contribution in [1.29, 1.82) is 0 Å². The molecule has 0 N–H and O–H groups in total. The average molecular weight is 500 g/mol. The van der Waals surface area contributed by atoms with E-state index < -0.39 is 46.4 Å². The van der Waals surface area contributed by atoms with E-state index in [-0.39, 0.29) is 34.9 Å². The van der Waals surface area contributed by atoms with Crippen LogP contribution in [0.2, 0.25) is 0 Å². The summed E-state index contributed by atoms with van der Waals surface area (Å²) in [5, 5.41) is 0.956. The Hall–Kier alpha value is -1.42. The molecule has 3 aromatic rings. The summed E-state index contributed by atoms with van der Waals surface area (Å²) in [6, 6.07) is 13.0. The molecule has 0 saturated carbocycles. The van der Waals surface area contributed by atoms with Gasteiger partial charge in [0.05, 0.1) is 16.0 Å². The number of halogens is 6. The van der Waals surface area contributed by atoms with Crippen molar-refractivity contribution >= 4 is 34.0 Å². The minimum Gasteiger partial charge on any atom is -0.744 e. The van der Waals surface area contributed by atoms with E-state index in [1.54, 1.807) is 0 Å². The Morgan fingerprint density at radius 2 is 1.06 bits per heavy atom. The zero-order chi connectivity index (χ0) is 23.0. The van der Waals surface area contributed by atoms with Crippen LogP contribution in [0.1, 0.15) is 11.1 Å². The predicted molar refractivity (Wildman–Crippen MR) is 103 cm³/mol. The smallest absolute Gasteiger partial charge is 0.744 e. The molecule has 164 valence electrons. The van der Waals surface area contributed by atoms with Gasteiger partial charge in [-0.25, -0.2) is 8.42 Å². The zero-order valence-electron chi connectivity index (χ0n) is 16.3. The molecule has 0 atom stereocenters. The summed E-state index contributed by atoms with van der Waals surface area (Å²) in [7, 11) is -6.56. The Kier molecular flexibility index (Phi) is 8.24. The molecule has 12 heteroatoms. The monoisotopic (exact) mass is 500 g/mol. The molecule has 0 fully saturated rings. The summed E-state index contributed by atoms with van der Waals surface area (Å²) < 4.78 is 112. The van der Waals surface area contributed by atoms with Crippen LogP contribution in [-0.4, -0.2) is 13.0 Å². The molecule has 32 heavy (non-hydrogen) atoms. The van der Waals surface area contributed by atoms with Crippen molar-refractivity contribution in [2.24, 2.45) is 0 Å². The molecule has 0 amide bonds. The normalized spacial score (nSPS) is 12.5. The van der Waals surface area contributed by atoms with Crippen molar-refractivity contribution in [2.45, 2.75) is 17.2 Å². The molecule has 0 aliphatic rings. The van der Waals surface area contributed by atoms with Crippen LogP contribution in [0.5, 0.6) is 0 Å². The van der Waals surface area contributed by atoms with Crippen LogP contribution >= 0.6 is 7.92 Å². The van der Waals surface area contributed by atoms with E-state index in [1.807, 2.05) is 0 Å². The molecular weight excluding hydrogens is 488 g/mol. The fraction of sp³-hybridized carbons (Fsp3) is 0.100. The van der Waals surface area contributed by atoms with Crippen molar-refractivity contribution in [2.75, 3.05) is 0 Å². The number of hydrogen-bond donors (Lipinski definition) is 0. The molecule has 0 aromatic heterocycles. The third-order valence-corrected chi connectivity index (χ3v) is 7.53. The minimum absolute atomic E-state index is 0. The first-order chi connectivity index (χ1) is 14.3. The van der Waals surface area contributed by atoms with Crippen molar-refractivity contribution in [3.63, 3.8) is 0 Å². The summed E-state index contributed by atoms with van der Waals surface area (Å²) in [6.45, 7) is 0. The second kappa shape index (κ2) is 9.83. The molecule has 3 rings (SSSR count). The van der Waals surface area contributed by atoms with Gasteiger partial charge >= 0.3 is 41.9 Å². The summed E-state index contributed by atoms with van der Waals surface area (Å²) >= 11 is 0. The molecule has 0 saturated heterocycles. The molecule has 3 nitrogen and oxygen atoms in total. The van der Waals surface area contributed by atoms with Gasteiger partial charge in [0, 0.05) is 0 Å². The van der Waals surface area contributed by atoms with E-state index in [1.165, 1.54) is 36.4 Å². The fourth-order valence-corrected chi connectivity index (χ4v) is 5.72. The maximum absolute atomic E-state index is 12.9. The van der Waals surface area contributed by atoms with Crippen LogP contribution < -0.4 is 45.5 Å². The van der Waals surface area contributed by atoms with E-state index in [4.69, 9.17) is 0 Å². The summed E-state index contributed by atoms with van der Waals surface area (Å²) in [5.74, 6) is 0. The van der Waals surface area contributed by atoms with E-state index in [9.17, 15) is 39.3 Å². The van der Waals surface area contributed by atoms with Crippen molar-refractivity contribution < 1.29 is 68.9 Å². The Morgan fingerprint density at radius 3 is 1.41 bits per heavy atom.